The summed E-state index contributed by atoms with van der Waals surface area (Å²) in [7, 11) is 0. The Morgan fingerprint density at radius 3 is 2.14 bits per heavy atom. The van der Waals surface area contributed by atoms with Crippen LogP contribution in [-0.4, -0.2) is 36.5 Å². The molecule has 0 atom stereocenters. The Labute approximate surface area is 54.1 Å². The van der Waals surface area contributed by atoms with Gasteiger partial charge in [0.15, 0.2) is 0 Å². The fourth-order valence-electron chi connectivity index (χ4n) is 0.123. The van der Waals surface area contributed by atoms with Crippen LogP contribution < -0.4 is 5.73 Å². The van der Waals surface area contributed by atoms with E-state index >= 15 is 0 Å². The zero-order valence-corrected chi connectivity index (χ0v) is 4.35. The predicted octanol–water partition coefficient (Wildman–Crippen LogP) is -0.961. The second-order valence-electron chi connectivity index (χ2n) is 0.932. The van der Waals surface area contributed by atoms with Gasteiger partial charge in [-0.25, -0.2) is 0 Å². The number of rotatable bonds is 2. The van der Waals surface area contributed by atoms with Crippen molar-refractivity contribution in [1.29, 1.82) is 0 Å². The van der Waals surface area contributed by atoms with Gasteiger partial charge in [-0.15, -0.1) is 0 Å². The number of carboxylic acids is 1. The molecule has 0 heterocycles. The molecule has 1 radical (unpaired) electrons. The van der Waals surface area contributed by atoms with Gasteiger partial charge in [-0.3, -0.25) is 4.79 Å². The number of aliphatic carboxylic acids is 1. The Morgan fingerprint density at radius 1 is 1.71 bits per heavy atom. The van der Waals surface area contributed by atoms with Crippen LogP contribution in [0.25, 0.3) is 0 Å². The molecule has 4 heteroatoms. The van der Waals surface area contributed by atoms with Crippen LogP contribution in [0.4, 0.5) is 0 Å². The van der Waals surface area contributed by atoms with Gasteiger partial charge in [-0.1, -0.05) is 0 Å². The van der Waals surface area contributed by atoms with Crippen molar-refractivity contribution in [3.05, 3.63) is 0 Å². The maximum Gasteiger partial charge on any atom is 0.304 e. The first-order chi connectivity index (χ1) is 2.77. The first-order valence-corrected chi connectivity index (χ1v) is 1.69. The molecule has 0 unspecified atom stereocenters. The molecule has 0 bridgehead atoms. The summed E-state index contributed by atoms with van der Waals surface area (Å²) in [6, 6.07) is 0. The van der Waals surface area contributed by atoms with E-state index in [1.807, 2.05) is 0 Å². The molecule has 0 aliphatic heterocycles. The molecule has 0 aromatic rings. The van der Waals surface area contributed by atoms with Gasteiger partial charge in [0, 0.05) is 25.4 Å². The molecule has 0 rings (SSSR count). The summed E-state index contributed by atoms with van der Waals surface area (Å²) >= 11 is 0. The molecular formula is C3H7LiNO2. The van der Waals surface area contributed by atoms with Crippen LogP contribution in [0.1, 0.15) is 6.42 Å². The smallest absolute Gasteiger partial charge is 0.304 e. The van der Waals surface area contributed by atoms with Gasteiger partial charge in [-0.2, -0.15) is 0 Å². The normalized spacial score (nSPS) is 7.00. The summed E-state index contributed by atoms with van der Waals surface area (Å²) in [5.41, 5.74) is 4.85. The molecule has 0 aliphatic carbocycles. The van der Waals surface area contributed by atoms with Crippen LogP contribution in [-0.2, 0) is 4.79 Å². The topological polar surface area (TPSA) is 63.3 Å². The molecular weight excluding hydrogens is 89.0 g/mol. The van der Waals surface area contributed by atoms with Crippen molar-refractivity contribution in [2.24, 2.45) is 5.73 Å². The van der Waals surface area contributed by atoms with Crippen LogP contribution in [0, 0.1) is 0 Å². The molecule has 7 heavy (non-hydrogen) atoms. The molecule has 0 saturated carbocycles. The van der Waals surface area contributed by atoms with Gasteiger partial charge < -0.3 is 10.8 Å². The Kier molecular flexibility index (Phi) is 8.70. The zero-order chi connectivity index (χ0) is 4.99. The quantitative estimate of drug-likeness (QED) is 0.435. The Bertz CT molecular complexity index is 56.9. The van der Waals surface area contributed by atoms with Crippen LogP contribution >= 0.6 is 0 Å². The molecule has 0 fully saturated rings. The van der Waals surface area contributed by atoms with E-state index in [0.717, 1.165) is 0 Å². The number of hydrogen-bond acceptors (Lipinski definition) is 2. The van der Waals surface area contributed by atoms with E-state index in [-0.39, 0.29) is 31.8 Å². The summed E-state index contributed by atoms with van der Waals surface area (Å²) in [6.45, 7) is 0.231. The third-order valence-corrected chi connectivity index (χ3v) is 0.358. The van der Waals surface area contributed by atoms with Gasteiger partial charge in [-0.05, 0) is 0 Å². The van der Waals surface area contributed by atoms with Crippen molar-refractivity contribution in [3.63, 3.8) is 0 Å². The fraction of sp³-hybridized carbons (Fsp3) is 0.667. The van der Waals surface area contributed by atoms with Crippen molar-refractivity contribution in [3.8, 4) is 0 Å². The standard InChI is InChI=1S/C3H7NO2.Li/c4-2-1-3(5)6;/h1-2,4H2,(H,5,6);. The molecule has 37 valence electrons. The SMILES string of the molecule is NCCC(=O)O.[Li]. The van der Waals surface area contributed by atoms with E-state index in [1.165, 1.54) is 0 Å². The van der Waals surface area contributed by atoms with E-state index < -0.39 is 5.97 Å². The van der Waals surface area contributed by atoms with E-state index in [0.29, 0.717) is 0 Å². The largest absolute Gasteiger partial charge is 0.481 e. The molecule has 0 saturated heterocycles. The van der Waals surface area contributed by atoms with Gasteiger partial charge in [0.05, 0.1) is 6.42 Å². The Morgan fingerprint density at radius 2 is 2.14 bits per heavy atom. The molecule has 0 aromatic heterocycles. The summed E-state index contributed by atoms with van der Waals surface area (Å²) < 4.78 is 0. The first-order valence-electron chi connectivity index (χ1n) is 1.69. The number of carboxylic acid groups (broad SMARTS) is 1. The van der Waals surface area contributed by atoms with Gasteiger partial charge in [0.1, 0.15) is 0 Å². The predicted molar refractivity (Wildman–Crippen MR) is 27.1 cm³/mol. The molecule has 0 aliphatic rings. The van der Waals surface area contributed by atoms with Crippen molar-refractivity contribution in [2.45, 2.75) is 6.42 Å². The van der Waals surface area contributed by atoms with Crippen LogP contribution in [0.2, 0.25) is 0 Å². The Hall–Kier alpha value is 0.0274. The van der Waals surface area contributed by atoms with Gasteiger partial charge in [0.2, 0.25) is 0 Å². The number of carbonyl (C=O) groups is 1. The minimum atomic E-state index is -0.836. The third-order valence-electron chi connectivity index (χ3n) is 0.358. The van der Waals surface area contributed by atoms with Crippen molar-refractivity contribution >= 4 is 24.8 Å². The second kappa shape index (κ2) is 6.03. The zero-order valence-electron chi connectivity index (χ0n) is 4.35. The summed E-state index contributed by atoms with van der Waals surface area (Å²) in [5, 5.41) is 7.83. The molecule has 0 amide bonds. The monoisotopic (exact) mass is 96.1 g/mol. The van der Waals surface area contributed by atoms with E-state index in [9.17, 15) is 4.79 Å². The van der Waals surface area contributed by atoms with Gasteiger partial charge in [0.25, 0.3) is 0 Å². The maximum atomic E-state index is 9.52. The van der Waals surface area contributed by atoms with Crippen LogP contribution in [0.3, 0.4) is 0 Å². The average molecular weight is 96.0 g/mol. The van der Waals surface area contributed by atoms with Crippen LogP contribution in [0.5, 0.6) is 0 Å². The first kappa shape index (κ1) is 10.1. The van der Waals surface area contributed by atoms with Crippen molar-refractivity contribution in [1.82, 2.24) is 0 Å². The minimum absolute atomic E-state index is 0. The fourth-order valence-corrected chi connectivity index (χ4v) is 0.123. The van der Waals surface area contributed by atoms with E-state index in [1.54, 1.807) is 0 Å². The number of nitrogens with two attached hydrogens (primary N) is 1. The average Bonchev–Trinajstić information content (AvgIpc) is 1.35. The third kappa shape index (κ3) is 10.7. The van der Waals surface area contributed by atoms with E-state index in [4.69, 9.17) is 10.8 Å². The van der Waals surface area contributed by atoms with Crippen molar-refractivity contribution in [2.75, 3.05) is 6.54 Å². The van der Waals surface area contributed by atoms with E-state index in [2.05, 4.69) is 0 Å². The molecule has 3 nitrogen and oxygen atoms in total. The summed E-state index contributed by atoms with van der Waals surface area (Å²) in [6.07, 6.45) is 0.0694. The molecule has 0 spiro atoms. The number of hydrogen-bond donors (Lipinski definition) is 2. The summed E-state index contributed by atoms with van der Waals surface area (Å²) in [5.74, 6) is -0.836. The minimum Gasteiger partial charge on any atom is -0.481 e. The molecule has 3 N–H and O–H groups in total. The summed E-state index contributed by atoms with van der Waals surface area (Å²) in [4.78, 5) is 9.52. The maximum absolute atomic E-state index is 9.52. The Balaban J connectivity index is 0. The van der Waals surface area contributed by atoms with Crippen LogP contribution in [0.15, 0.2) is 0 Å². The van der Waals surface area contributed by atoms with Crippen molar-refractivity contribution < 1.29 is 9.90 Å². The molecule has 0 aromatic carbocycles. The second-order valence-corrected chi connectivity index (χ2v) is 0.932. The van der Waals surface area contributed by atoms with Gasteiger partial charge >= 0.3 is 5.97 Å².